The van der Waals surface area contributed by atoms with Crippen molar-refractivity contribution in [2.24, 2.45) is 0 Å². The Hall–Kier alpha value is -2.45. The lowest BCUT2D eigenvalue weighted by Crippen LogP contribution is -2.32. The fourth-order valence-electron chi connectivity index (χ4n) is 2.10. The molecule has 0 radical (unpaired) electrons. The number of benzene rings is 1. The molecule has 1 aromatic heterocycles. The van der Waals surface area contributed by atoms with E-state index < -0.39 is 12.1 Å². The second kappa shape index (κ2) is 8.42. The summed E-state index contributed by atoms with van der Waals surface area (Å²) < 4.78 is 15.7. The zero-order chi connectivity index (χ0) is 17.5. The Labute approximate surface area is 144 Å². The lowest BCUT2D eigenvalue weighted by molar-refractivity contribution is 0.175. The van der Waals surface area contributed by atoms with Crippen LogP contribution in [0.3, 0.4) is 0 Å². The van der Waals surface area contributed by atoms with E-state index in [9.17, 15) is 9.90 Å². The molecule has 2 aromatic rings. The van der Waals surface area contributed by atoms with Crippen molar-refractivity contribution < 1.29 is 24.1 Å². The van der Waals surface area contributed by atoms with Crippen LogP contribution in [0.1, 0.15) is 11.7 Å². The third kappa shape index (κ3) is 4.30. The van der Waals surface area contributed by atoms with Crippen molar-refractivity contribution in [3.05, 3.63) is 34.5 Å². The summed E-state index contributed by atoms with van der Waals surface area (Å²) in [5.74, 6) is 1.31. The zero-order valence-electron chi connectivity index (χ0n) is 13.7. The maximum atomic E-state index is 12.0. The molecule has 24 heavy (non-hydrogen) atoms. The van der Waals surface area contributed by atoms with Gasteiger partial charge in [-0.2, -0.15) is 11.3 Å². The first kappa shape index (κ1) is 17.9. The molecular formula is C16H20N2O5S. The number of hydrogen-bond acceptors (Lipinski definition) is 6. The van der Waals surface area contributed by atoms with Gasteiger partial charge in [-0.15, -0.1) is 0 Å². The Morgan fingerprint density at radius 2 is 1.88 bits per heavy atom. The summed E-state index contributed by atoms with van der Waals surface area (Å²) in [5, 5.41) is 19.0. The van der Waals surface area contributed by atoms with E-state index in [1.165, 1.54) is 32.7 Å². The van der Waals surface area contributed by atoms with Gasteiger partial charge in [-0.1, -0.05) is 0 Å². The minimum atomic E-state index is -0.748. The number of hydrogen-bond donors (Lipinski definition) is 3. The maximum Gasteiger partial charge on any atom is 0.319 e. The minimum absolute atomic E-state index is 0.104. The van der Waals surface area contributed by atoms with Crippen LogP contribution in [0.4, 0.5) is 10.5 Å². The van der Waals surface area contributed by atoms with E-state index in [2.05, 4.69) is 10.6 Å². The third-order valence-electron chi connectivity index (χ3n) is 3.31. The first-order valence-electron chi connectivity index (χ1n) is 7.14. The van der Waals surface area contributed by atoms with Crippen molar-refractivity contribution in [3.8, 4) is 17.2 Å². The van der Waals surface area contributed by atoms with Crippen LogP contribution < -0.4 is 24.8 Å². The van der Waals surface area contributed by atoms with E-state index in [1.807, 2.05) is 16.8 Å². The van der Waals surface area contributed by atoms with Gasteiger partial charge in [-0.3, -0.25) is 0 Å². The number of amides is 2. The number of methoxy groups -OCH3 is 3. The molecule has 1 unspecified atom stereocenters. The van der Waals surface area contributed by atoms with E-state index in [0.29, 0.717) is 22.9 Å². The molecule has 2 rings (SSSR count). The van der Waals surface area contributed by atoms with Gasteiger partial charge < -0.3 is 30.0 Å². The molecule has 3 N–H and O–H groups in total. The molecule has 0 aliphatic carbocycles. The van der Waals surface area contributed by atoms with Crippen molar-refractivity contribution in [2.45, 2.75) is 6.10 Å². The quantitative estimate of drug-likeness (QED) is 0.713. The molecule has 0 bridgehead atoms. The predicted molar refractivity (Wildman–Crippen MR) is 92.4 cm³/mol. The first-order chi connectivity index (χ1) is 11.6. The second-order valence-electron chi connectivity index (χ2n) is 4.82. The fourth-order valence-corrected chi connectivity index (χ4v) is 2.81. The van der Waals surface area contributed by atoms with Gasteiger partial charge in [0, 0.05) is 18.7 Å². The van der Waals surface area contributed by atoms with Crippen molar-refractivity contribution in [3.63, 3.8) is 0 Å². The lowest BCUT2D eigenvalue weighted by atomic mass is 10.2. The largest absolute Gasteiger partial charge is 0.493 e. The zero-order valence-corrected chi connectivity index (χ0v) is 14.5. The highest BCUT2D eigenvalue weighted by Crippen LogP contribution is 2.39. The number of urea groups is 1. The summed E-state index contributed by atoms with van der Waals surface area (Å²) in [6, 6.07) is 4.61. The van der Waals surface area contributed by atoms with Crippen LogP contribution in [0.15, 0.2) is 29.0 Å². The SMILES string of the molecule is COc1cc(NC(=O)NCC(O)c2ccsc2)cc(OC)c1OC. The van der Waals surface area contributed by atoms with E-state index in [1.54, 1.807) is 12.1 Å². The van der Waals surface area contributed by atoms with Crippen molar-refractivity contribution >= 4 is 23.1 Å². The fraction of sp³-hybridized carbons (Fsp3) is 0.312. The molecule has 1 aromatic carbocycles. The summed E-state index contributed by atoms with van der Waals surface area (Å²) in [6.07, 6.45) is -0.748. The molecule has 0 spiro atoms. The van der Waals surface area contributed by atoms with Gasteiger partial charge >= 0.3 is 6.03 Å². The average molecular weight is 352 g/mol. The van der Waals surface area contributed by atoms with Crippen LogP contribution in [-0.4, -0.2) is 39.0 Å². The van der Waals surface area contributed by atoms with E-state index in [4.69, 9.17) is 14.2 Å². The number of aliphatic hydroxyl groups is 1. The molecule has 7 nitrogen and oxygen atoms in total. The molecule has 8 heteroatoms. The van der Waals surface area contributed by atoms with Crippen LogP contribution in [0.25, 0.3) is 0 Å². The van der Waals surface area contributed by atoms with Gasteiger partial charge in [0.15, 0.2) is 11.5 Å². The monoisotopic (exact) mass is 352 g/mol. The molecule has 0 aliphatic rings. The Morgan fingerprint density at radius 3 is 2.38 bits per heavy atom. The van der Waals surface area contributed by atoms with Crippen LogP contribution >= 0.6 is 11.3 Å². The number of carbonyl (C=O) groups excluding carboxylic acids is 1. The third-order valence-corrected chi connectivity index (χ3v) is 4.01. The summed E-state index contributed by atoms with van der Waals surface area (Å²) in [4.78, 5) is 12.0. The molecule has 0 saturated carbocycles. The number of aliphatic hydroxyl groups excluding tert-OH is 1. The maximum absolute atomic E-state index is 12.0. The number of thiophene rings is 1. The van der Waals surface area contributed by atoms with E-state index in [-0.39, 0.29) is 6.54 Å². The van der Waals surface area contributed by atoms with Gasteiger partial charge in [0.2, 0.25) is 5.75 Å². The highest BCUT2D eigenvalue weighted by molar-refractivity contribution is 7.07. The van der Waals surface area contributed by atoms with Crippen LogP contribution in [0.2, 0.25) is 0 Å². The normalized spacial score (nSPS) is 11.5. The van der Waals surface area contributed by atoms with Gasteiger partial charge in [-0.25, -0.2) is 4.79 Å². The van der Waals surface area contributed by atoms with Gasteiger partial charge in [0.25, 0.3) is 0 Å². The molecule has 1 heterocycles. The van der Waals surface area contributed by atoms with Gasteiger partial charge in [-0.05, 0) is 22.4 Å². The Kier molecular flexibility index (Phi) is 6.28. The number of rotatable bonds is 7. The number of anilines is 1. The summed E-state index contributed by atoms with van der Waals surface area (Å²) in [6.45, 7) is 0.104. The average Bonchev–Trinajstić information content (AvgIpc) is 3.13. The standard InChI is InChI=1S/C16H20N2O5S/c1-21-13-6-11(7-14(22-2)15(13)23-3)18-16(20)17-8-12(19)10-4-5-24-9-10/h4-7,9,12,19H,8H2,1-3H3,(H2,17,18,20). The first-order valence-corrected chi connectivity index (χ1v) is 8.08. The minimum Gasteiger partial charge on any atom is -0.493 e. The van der Waals surface area contributed by atoms with Crippen molar-refractivity contribution in [2.75, 3.05) is 33.2 Å². The molecule has 0 aliphatic heterocycles. The predicted octanol–water partition coefficient (Wildman–Crippen LogP) is 2.63. The van der Waals surface area contributed by atoms with E-state index in [0.717, 1.165) is 5.56 Å². The molecule has 2 amide bonds. The van der Waals surface area contributed by atoms with Crippen LogP contribution in [0.5, 0.6) is 17.2 Å². The molecular weight excluding hydrogens is 332 g/mol. The van der Waals surface area contributed by atoms with Crippen molar-refractivity contribution in [1.29, 1.82) is 0 Å². The summed E-state index contributed by atoms with van der Waals surface area (Å²) in [5.41, 5.74) is 1.25. The Balaban J connectivity index is 2.00. The Morgan fingerprint density at radius 1 is 1.21 bits per heavy atom. The number of nitrogens with one attached hydrogen (secondary N) is 2. The summed E-state index contributed by atoms with van der Waals surface area (Å²) in [7, 11) is 4.50. The van der Waals surface area contributed by atoms with Gasteiger partial charge in [0.1, 0.15) is 0 Å². The highest BCUT2D eigenvalue weighted by atomic mass is 32.1. The smallest absolute Gasteiger partial charge is 0.319 e. The molecule has 0 saturated heterocycles. The van der Waals surface area contributed by atoms with Crippen LogP contribution in [-0.2, 0) is 0 Å². The topological polar surface area (TPSA) is 89.1 Å². The molecule has 130 valence electrons. The number of ether oxygens (including phenoxy) is 3. The van der Waals surface area contributed by atoms with Crippen molar-refractivity contribution in [1.82, 2.24) is 5.32 Å². The van der Waals surface area contributed by atoms with E-state index >= 15 is 0 Å². The number of carbonyl (C=O) groups is 1. The Bertz CT molecular complexity index is 650. The molecule has 0 fully saturated rings. The van der Waals surface area contributed by atoms with Gasteiger partial charge in [0.05, 0.1) is 33.1 Å². The lowest BCUT2D eigenvalue weighted by Gasteiger charge is -2.15. The van der Waals surface area contributed by atoms with Crippen LogP contribution in [0, 0.1) is 0 Å². The second-order valence-corrected chi connectivity index (χ2v) is 5.60. The molecule has 1 atom stereocenters. The highest BCUT2D eigenvalue weighted by Gasteiger charge is 2.15. The summed E-state index contributed by atoms with van der Waals surface area (Å²) >= 11 is 1.49.